The third kappa shape index (κ3) is 4.73. The molecule has 6 nitrogen and oxygen atoms in total. The van der Waals surface area contributed by atoms with Crippen molar-refractivity contribution in [2.24, 2.45) is 0 Å². The predicted octanol–water partition coefficient (Wildman–Crippen LogP) is 2.39. The summed E-state index contributed by atoms with van der Waals surface area (Å²) in [6, 6.07) is 9.51. The van der Waals surface area contributed by atoms with E-state index in [1.165, 1.54) is 12.1 Å². The van der Waals surface area contributed by atoms with Gasteiger partial charge in [-0.3, -0.25) is 10.2 Å². The van der Waals surface area contributed by atoms with Crippen LogP contribution in [0.2, 0.25) is 0 Å². The third-order valence-corrected chi connectivity index (χ3v) is 4.66. The molecule has 0 radical (unpaired) electrons. The van der Waals surface area contributed by atoms with Crippen molar-refractivity contribution in [1.82, 2.24) is 10.3 Å². The molecular formula is C16H16F3N3O3S. The van der Waals surface area contributed by atoms with Crippen molar-refractivity contribution in [3.8, 4) is 0 Å². The first-order valence-electron chi connectivity index (χ1n) is 7.27. The first kappa shape index (κ1) is 19.7. The number of hydrazine groups is 1. The topological polar surface area (TPSA) is 78.5 Å². The van der Waals surface area contributed by atoms with Crippen molar-refractivity contribution < 1.29 is 26.4 Å². The summed E-state index contributed by atoms with van der Waals surface area (Å²) < 4.78 is 62.3. The number of halogens is 3. The second kappa shape index (κ2) is 7.34. The molecule has 0 saturated carbocycles. The lowest BCUT2D eigenvalue weighted by Crippen LogP contribution is -2.41. The Balaban J connectivity index is 2.11. The van der Waals surface area contributed by atoms with Gasteiger partial charge in [0.25, 0.3) is 15.9 Å². The summed E-state index contributed by atoms with van der Waals surface area (Å²) in [7, 11) is -0.722. The maximum absolute atomic E-state index is 12.7. The third-order valence-electron chi connectivity index (χ3n) is 3.42. The highest BCUT2D eigenvalue weighted by Gasteiger charge is 2.31. The Morgan fingerprint density at radius 1 is 1.04 bits per heavy atom. The molecule has 0 aliphatic rings. The quantitative estimate of drug-likeness (QED) is 0.773. The summed E-state index contributed by atoms with van der Waals surface area (Å²) in [6.45, 7) is 0. The van der Waals surface area contributed by atoms with Gasteiger partial charge in [0.1, 0.15) is 0 Å². The van der Waals surface area contributed by atoms with Gasteiger partial charge in [-0.1, -0.05) is 6.07 Å². The van der Waals surface area contributed by atoms with E-state index in [1.54, 1.807) is 17.0 Å². The van der Waals surface area contributed by atoms with Crippen molar-refractivity contribution in [2.75, 3.05) is 19.0 Å². The van der Waals surface area contributed by atoms with Gasteiger partial charge in [-0.25, -0.2) is 8.42 Å². The number of alkyl halides is 3. The lowest BCUT2D eigenvalue weighted by atomic mass is 10.2. The van der Waals surface area contributed by atoms with Crippen LogP contribution in [0.4, 0.5) is 18.9 Å². The summed E-state index contributed by atoms with van der Waals surface area (Å²) in [4.78, 5) is 15.0. The van der Waals surface area contributed by atoms with Crippen molar-refractivity contribution in [3.05, 3.63) is 59.7 Å². The van der Waals surface area contributed by atoms with Crippen LogP contribution in [-0.2, 0) is 16.2 Å². The summed E-state index contributed by atoms with van der Waals surface area (Å²) in [6.07, 6.45) is -4.68. The minimum absolute atomic E-state index is 0.183. The predicted molar refractivity (Wildman–Crippen MR) is 90.0 cm³/mol. The SMILES string of the molecule is CN(C)c1ccc(C(=O)NNS(=O)(=O)c2cccc(C(F)(F)F)c2)cc1. The molecule has 0 heterocycles. The average Bonchev–Trinajstić information content (AvgIpc) is 2.59. The summed E-state index contributed by atoms with van der Waals surface area (Å²) in [5.74, 6) is -0.745. The number of anilines is 1. The van der Waals surface area contributed by atoms with Crippen LogP contribution >= 0.6 is 0 Å². The van der Waals surface area contributed by atoms with E-state index in [-0.39, 0.29) is 5.56 Å². The molecule has 0 saturated heterocycles. The Morgan fingerprint density at radius 2 is 1.65 bits per heavy atom. The average molecular weight is 387 g/mol. The maximum atomic E-state index is 12.7. The van der Waals surface area contributed by atoms with Gasteiger partial charge in [-0.15, -0.1) is 4.83 Å². The fourth-order valence-electron chi connectivity index (χ4n) is 2.00. The maximum Gasteiger partial charge on any atom is 0.416 e. The largest absolute Gasteiger partial charge is 0.416 e. The highest BCUT2D eigenvalue weighted by atomic mass is 32.2. The molecule has 0 aromatic heterocycles. The number of benzene rings is 2. The van der Waals surface area contributed by atoms with E-state index in [9.17, 15) is 26.4 Å². The number of carbonyl (C=O) groups excluding carboxylic acids is 1. The minimum Gasteiger partial charge on any atom is -0.378 e. The molecule has 26 heavy (non-hydrogen) atoms. The molecule has 0 spiro atoms. The molecule has 0 aliphatic heterocycles. The standard InChI is InChI=1S/C16H16F3N3O3S/c1-22(2)13-8-6-11(7-9-13)15(23)20-21-26(24,25)14-5-3-4-12(10-14)16(17,18)19/h3-10,21H,1-2H3,(H,20,23). The minimum atomic E-state index is -4.68. The Kier molecular flexibility index (Phi) is 5.57. The van der Waals surface area contributed by atoms with Gasteiger partial charge in [-0.05, 0) is 42.5 Å². The van der Waals surface area contributed by atoms with Crippen LogP contribution in [0.3, 0.4) is 0 Å². The van der Waals surface area contributed by atoms with Gasteiger partial charge in [0, 0.05) is 25.3 Å². The summed E-state index contributed by atoms with van der Waals surface area (Å²) in [5.41, 5.74) is 1.89. The van der Waals surface area contributed by atoms with Crippen LogP contribution in [0.1, 0.15) is 15.9 Å². The molecule has 10 heteroatoms. The monoisotopic (exact) mass is 387 g/mol. The van der Waals surface area contributed by atoms with E-state index in [1.807, 2.05) is 24.4 Å². The van der Waals surface area contributed by atoms with Crippen LogP contribution in [0.5, 0.6) is 0 Å². The molecule has 2 aromatic carbocycles. The molecule has 0 fully saturated rings. The fraction of sp³-hybridized carbons (Fsp3) is 0.188. The van der Waals surface area contributed by atoms with E-state index in [0.29, 0.717) is 6.07 Å². The zero-order valence-corrected chi connectivity index (χ0v) is 14.6. The molecule has 0 aliphatic carbocycles. The molecule has 0 unspecified atom stereocenters. The second-order valence-corrected chi connectivity index (χ2v) is 7.21. The number of nitrogens with zero attached hydrogens (tertiary/aromatic N) is 1. The molecule has 2 rings (SSSR count). The molecule has 1 amide bonds. The number of amides is 1. The van der Waals surface area contributed by atoms with Crippen molar-refractivity contribution in [2.45, 2.75) is 11.1 Å². The first-order chi connectivity index (χ1) is 12.0. The number of hydrogen-bond donors (Lipinski definition) is 2. The van der Waals surface area contributed by atoms with E-state index in [4.69, 9.17) is 0 Å². The molecule has 2 aromatic rings. The van der Waals surface area contributed by atoms with Crippen LogP contribution < -0.4 is 15.2 Å². The van der Waals surface area contributed by atoms with Gasteiger partial charge >= 0.3 is 6.18 Å². The van der Waals surface area contributed by atoms with E-state index in [2.05, 4.69) is 0 Å². The van der Waals surface area contributed by atoms with Crippen LogP contribution in [0, 0.1) is 0 Å². The summed E-state index contributed by atoms with van der Waals surface area (Å²) in [5, 5.41) is 0. The van der Waals surface area contributed by atoms with Gasteiger partial charge in [0.15, 0.2) is 0 Å². The molecule has 0 atom stereocenters. The van der Waals surface area contributed by atoms with E-state index in [0.717, 1.165) is 23.9 Å². The van der Waals surface area contributed by atoms with Crippen LogP contribution in [0.25, 0.3) is 0 Å². The van der Waals surface area contributed by atoms with Gasteiger partial charge in [-0.2, -0.15) is 13.2 Å². The zero-order valence-electron chi connectivity index (χ0n) is 13.8. The Bertz CT molecular complexity index is 895. The Labute approximate surface area is 148 Å². The highest BCUT2D eigenvalue weighted by molar-refractivity contribution is 7.89. The number of carbonyl (C=O) groups is 1. The lowest BCUT2D eigenvalue weighted by Gasteiger charge is -2.13. The van der Waals surface area contributed by atoms with Crippen LogP contribution in [0.15, 0.2) is 53.4 Å². The van der Waals surface area contributed by atoms with Crippen molar-refractivity contribution in [1.29, 1.82) is 0 Å². The van der Waals surface area contributed by atoms with Gasteiger partial charge in [0.2, 0.25) is 0 Å². The first-order valence-corrected chi connectivity index (χ1v) is 8.76. The summed E-state index contributed by atoms with van der Waals surface area (Å²) >= 11 is 0. The lowest BCUT2D eigenvalue weighted by molar-refractivity contribution is -0.137. The van der Waals surface area contributed by atoms with E-state index < -0.39 is 32.6 Å². The van der Waals surface area contributed by atoms with Gasteiger partial charge < -0.3 is 4.90 Å². The highest BCUT2D eigenvalue weighted by Crippen LogP contribution is 2.30. The number of rotatable bonds is 5. The van der Waals surface area contributed by atoms with E-state index >= 15 is 0 Å². The molecule has 0 bridgehead atoms. The number of sulfonamides is 1. The van der Waals surface area contributed by atoms with Crippen molar-refractivity contribution >= 4 is 21.6 Å². The zero-order chi connectivity index (χ0) is 19.5. The fourth-order valence-corrected chi connectivity index (χ4v) is 2.88. The molecule has 2 N–H and O–H groups in total. The Hall–Kier alpha value is -2.59. The smallest absolute Gasteiger partial charge is 0.378 e. The number of hydrogen-bond acceptors (Lipinski definition) is 4. The van der Waals surface area contributed by atoms with Gasteiger partial charge in [0.05, 0.1) is 10.5 Å². The molecule has 140 valence electrons. The van der Waals surface area contributed by atoms with Crippen molar-refractivity contribution in [3.63, 3.8) is 0 Å². The van der Waals surface area contributed by atoms with Crippen LogP contribution in [-0.4, -0.2) is 28.4 Å². The second-order valence-electron chi connectivity index (χ2n) is 5.53. The number of nitrogens with one attached hydrogen (secondary N) is 2. The molecular weight excluding hydrogens is 371 g/mol. The Morgan fingerprint density at radius 3 is 2.19 bits per heavy atom. The normalized spacial score (nSPS) is 11.9.